The summed E-state index contributed by atoms with van der Waals surface area (Å²) in [5, 5.41) is 28.8. The molecule has 3 N–H and O–H groups in total. The van der Waals surface area contributed by atoms with Gasteiger partial charge in [0.2, 0.25) is 0 Å². The molecule has 0 heterocycles. The molecule has 0 bridgehead atoms. The molecule has 0 fully saturated rings. The first-order chi connectivity index (χ1) is 5.07. The lowest BCUT2D eigenvalue weighted by Gasteiger charge is -2.15. The maximum Gasteiger partial charge on any atom is 0.0950 e. The van der Waals surface area contributed by atoms with E-state index < -0.39 is 12.2 Å². The summed E-state index contributed by atoms with van der Waals surface area (Å²) in [6.07, 6.45) is 0.321. The van der Waals surface area contributed by atoms with Crippen LogP contribution in [-0.2, 0) is 0 Å². The molecular weight excluding hydrogens is 146 g/mol. The monoisotopic (exact) mass is 161 g/mol. The molecule has 0 aromatic heterocycles. The number of hydrogen-bond acceptors (Lipinski definition) is 4. The van der Waals surface area contributed by atoms with Gasteiger partial charge in [0.1, 0.15) is 0 Å². The van der Waals surface area contributed by atoms with Gasteiger partial charge in [-0.2, -0.15) is 0 Å². The molecule has 0 rings (SSSR count). The summed E-state index contributed by atoms with van der Waals surface area (Å²) in [4.78, 5) is 0. The Morgan fingerprint density at radius 1 is 1.36 bits per heavy atom. The molecule has 11 heavy (non-hydrogen) atoms. The van der Waals surface area contributed by atoms with Gasteiger partial charge < -0.3 is 15.4 Å². The Labute approximate surface area is 66.2 Å². The number of aliphatic hydroxyl groups is 2. The molecule has 0 amide bonds. The largest absolute Gasteiger partial charge is 0.411 e. The smallest absolute Gasteiger partial charge is 0.0950 e. The van der Waals surface area contributed by atoms with Crippen molar-refractivity contribution in [1.82, 2.24) is 0 Å². The number of oxime groups is 1. The first kappa shape index (κ1) is 10.4. The molecule has 0 spiro atoms. The lowest BCUT2D eigenvalue weighted by Crippen LogP contribution is -2.22. The van der Waals surface area contributed by atoms with Crippen molar-refractivity contribution in [3.63, 3.8) is 0 Å². The van der Waals surface area contributed by atoms with Gasteiger partial charge in [-0.15, -0.1) is 0 Å². The summed E-state index contributed by atoms with van der Waals surface area (Å²) < 4.78 is 0. The van der Waals surface area contributed by atoms with Crippen molar-refractivity contribution in [2.24, 2.45) is 11.1 Å². The number of hydrogen-bond donors (Lipinski definition) is 3. The van der Waals surface area contributed by atoms with E-state index in [9.17, 15) is 0 Å². The van der Waals surface area contributed by atoms with E-state index in [-0.39, 0.29) is 5.92 Å². The standard InChI is InChI=1S/C7H15NO3/c1-5(3-6(2)9)7(10)4-8-11/h4-7,9-11H,3H2,1-2H3/b8-4+/t5-,6+,7-/m1/s1. The third kappa shape index (κ3) is 4.75. The first-order valence-electron chi connectivity index (χ1n) is 3.61. The lowest BCUT2D eigenvalue weighted by molar-refractivity contribution is 0.113. The Balaban J connectivity index is 3.72. The highest BCUT2D eigenvalue weighted by Crippen LogP contribution is 2.09. The highest BCUT2D eigenvalue weighted by atomic mass is 16.4. The highest BCUT2D eigenvalue weighted by Gasteiger charge is 2.13. The fourth-order valence-electron chi connectivity index (χ4n) is 0.893. The minimum Gasteiger partial charge on any atom is -0.411 e. The van der Waals surface area contributed by atoms with Gasteiger partial charge in [0.25, 0.3) is 0 Å². The van der Waals surface area contributed by atoms with Crippen LogP contribution in [0.1, 0.15) is 20.3 Å². The number of aliphatic hydroxyl groups excluding tert-OH is 2. The third-order valence-corrected chi connectivity index (χ3v) is 1.52. The van der Waals surface area contributed by atoms with Crippen LogP contribution in [-0.4, -0.2) is 33.8 Å². The van der Waals surface area contributed by atoms with E-state index in [2.05, 4.69) is 5.16 Å². The molecule has 3 atom stereocenters. The van der Waals surface area contributed by atoms with Crippen LogP contribution in [0.15, 0.2) is 5.16 Å². The third-order valence-electron chi connectivity index (χ3n) is 1.52. The zero-order chi connectivity index (χ0) is 8.85. The molecule has 0 unspecified atom stereocenters. The van der Waals surface area contributed by atoms with Crippen molar-refractivity contribution in [2.75, 3.05) is 0 Å². The van der Waals surface area contributed by atoms with Crippen LogP contribution in [0.5, 0.6) is 0 Å². The summed E-state index contributed by atoms with van der Waals surface area (Å²) in [6, 6.07) is 0. The highest BCUT2D eigenvalue weighted by molar-refractivity contribution is 5.62. The molecule has 0 saturated heterocycles. The van der Waals surface area contributed by atoms with Gasteiger partial charge in [-0.05, 0) is 19.3 Å². The fourth-order valence-corrected chi connectivity index (χ4v) is 0.893. The van der Waals surface area contributed by atoms with Gasteiger partial charge in [-0.25, -0.2) is 0 Å². The van der Waals surface area contributed by atoms with Crippen molar-refractivity contribution >= 4 is 6.21 Å². The average Bonchev–Trinajstić information content (AvgIpc) is 1.86. The van der Waals surface area contributed by atoms with Crippen LogP contribution >= 0.6 is 0 Å². The fraction of sp³-hybridized carbons (Fsp3) is 0.857. The van der Waals surface area contributed by atoms with E-state index in [0.717, 1.165) is 6.21 Å². The van der Waals surface area contributed by atoms with E-state index in [0.29, 0.717) is 6.42 Å². The average molecular weight is 161 g/mol. The molecule has 0 aromatic rings. The summed E-state index contributed by atoms with van der Waals surface area (Å²) in [6.45, 7) is 3.43. The minimum atomic E-state index is -0.783. The van der Waals surface area contributed by atoms with E-state index in [1.165, 1.54) is 0 Å². The molecule has 0 aliphatic rings. The minimum absolute atomic E-state index is 0.0918. The number of nitrogens with zero attached hydrogens (tertiary/aromatic N) is 1. The Morgan fingerprint density at radius 2 is 1.91 bits per heavy atom. The molecule has 66 valence electrons. The Bertz CT molecular complexity index is 125. The van der Waals surface area contributed by atoms with Crippen LogP contribution < -0.4 is 0 Å². The molecule has 0 radical (unpaired) electrons. The van der Waals surface area contributed by atoms with Crippen LogP contribution in [0.25, 0.3) is 0 Å². The van der Waals surface area contributed by atoms with Crippen LogP contribution in [0.4, 0.5) is 0 Å². The second kappa shape index (κ2) is 5.09. The van der Waals surface area contributed by atoms with Gasteiger partial charge in [0.15, 0.2) is 0 Å². The molecule has 0 aromatic carbocycles. The van der Waals surface area contributed by atoms with Crippen LogP contribution in [0.2, 0.25) is 0 Å². The molecule has 4 nitrogen and oxygen atoms in total. The molecular formula is C7H15NO3. The van der Waals surface area contributed by atoms with E-state index in [1.807, 2.05) is 0 Å². The lowest BCUT2D eigenvalue weighted by atomic mass is 9.99. The van der Waals surface area contributed by atoms with Crippen molar-refractivity contribution in [1.29, 1.82) is 0 Å². The van der Waals surface area contributed by atoms with Crippen LogP contribution in [0, 0.1) is 5.92 Å². The molecule has 0 aliphatic carbocycles. The van der Waals surface area contributed by atoms with Crippen molar-refractivity contribution < 1.29 is 15.4 Å². The summed E-state index contributed by atoms with van der Waals surface area (Å²) in [5.41, 5.74) is 0. The predicted molar refractivity (Wildman–Crippen MR) is 41.7 cm³/mol. The van der Waals surface area contributed by atoms with Gasteiger partial charge in [-0.3, -0.25) is 0 Å². The number of rotatable bonds is 4. The van der Waals surface area contributed by atoms with E-state index in [1.54, 1.807) is 13.8 Å². The predicted octanol–water partition coefficient (Wildman–Crippen LogP) is 0.214. The quantitative estimate of drug-likeness (QED) is 0.313. The van der Waals surface area contributed by atoms with Crippen LogP contribution in [0.3, 0.4) is 0 Å². The van der Waals surface area contributed by atoms with Gasteiger partial charge in [0, 0.05) is 0 Å². The molecule has 4 heteroatoms. The summed E-state index contributed by atoms with van der Waals surface area (Å²) in [7, 11) is 0. The van der Waals surface area contributed by atoms with Gasteiger partial charge in [-0.1, -0.05) is 12.1 Å². The first-order valence-corrected chi connectivity index (χ1v) is 3.61. The van der Waals surface area contributed by atoms with Crippen molar-refractivity contribution in [3.05, 3.63) is 0 Å². The van der Waals surface area contributed by atoms with Gasteiger partial charge in [0.05, 0.1) is 18.4 Å². The summed E-state index contributed by atoms with van der Waals surface area (Å²) in [5.74, 6) is -0.0918. The van der Waals surface area contributed by atoms with Crippen molar-refractivity contribution in [2.45, 2.75) is 32.5 Å². The second-order valence-electron chi connectivity index (χ2n) is 2.82. The Kier molecular flexibility index (Phi) is 4.81. The zero-order valence-corrected chi connectivity index (χ0v) is 6.81. The van der Waals surface area contributed by atoms with E-state index in [4.69, 9.17) is 15.4 Å². The maximum atomic E-state index is 9.15. The van der Waals surface area contributed by atoms with E-state index >= 15 is 0 Å². The Morgan fingerprint density at radius 3 is 2.27 bits per heavy atom. The van der Waals surface area contributed by atoms with Gasteiger partial charge >= 0.3 is 0 Å². The SMILES string of the molecule is C[C@H](O)C[C@@H](C)[C@H](O)/C=N/O. The molecule has 0 saturated carbocycles. The molecule has 0 aliphatic heterocycles. The Hall–Kier alpha value is -0.610. The second-order valence-corrected chi connectivity index (χ2v) is 2.82. The topological polar surface area (TPSA) is 73.0 Å². The summed E-state index contributed by atoms with van der Waals surface area (Å²) >= 11 is 0. The normalized spacial score (nSPS) is 20.0. The maximum absolute atomic E-state index is 9.15. The zero-order valence-electron chi connectivity index (χ0n) is 6.81. The van der Waals surface area contributed by atoms with Crippen molar-refractivity contribution in [3.8, 4) is 0 Å².